The van der Waals surface area contributed by atoms with Gasteiger partial charge in [-0.1, -0.05) is 12.8 Å². The minimum atomic E-state index is -3.49. The SMILES string of the molecule is CN(CCCN)S(=O)(=O)N(C)CC1(O)CCCC1. The first-order valence-corrected chi connectivity index (χ1v) is 7.81. The van der Waals surface area contributed by atoms with E-state index in [2.05, 4.69) is 0 Å². The maximum atomic E-state index is 12.2. The summed E-state index contributed by atoms with van der Waals surface area (Å²) in [5.74, 6) is 0. The lowest BCUT2D eigenvalue weighted by atomic mass is 10.0. The summed E-state index contributed by atoms with van der Waals surface area (Å²) in [6.07, 6.45) is 3.92. The van der Waals surface area contributed by atoms with Crippen LogP contribution in [0.5, 0.6) is 0 Å². The molecule has 1 saturated carbocycles. The third kappa shape index (κ3) is 3.89. The van der Waals surface area contributed by atoms with E-state index in [-0.39, 0.29) is 6.54 Å². The molecule has 18 heavy (non-hydrogen) atoms. The van der Waals surface area contributed by atoms with Crippen molar-refractivity contribution in [1.82, 2.24) is 8.61 Å². The van der Waals surface area contributed by atoms with Gasteiger partial charge in [0.2, 0.25) is 0 Å². The second kappa shape index (κ2) is 6.29. The smallest absolute Gasteiger partial charge is 0.281 e. The van der Waals surface area contributed by atoms with Crippen molar-refractivity contribution >= 4 is 10.2 Å². The zero-order valence-electron chi connectivity index (χ0n) is 11.3. The molecule has 0 bridgehead atoms. The molecule has 1 fully saturated rings. The second-order valence-electron chi connectivity index (χ2n) is 5.16. The van der Waals surface area contributed by atoms with Crippen LogP contribution in [-0.2, 0) is 10.2 Å². The van der Waals surface area contributed by atoms with Gasteiger partial charge in [-0.05, 0) is 25.8 Å². The Bertz CT molecular complexity index is 353. The minimum absolute atomic E-state index is 0.169. The van der Waals surface area contributed by atoms with Crippen molar-refractivity contribution in [3.8, 4) is 0 Å². The number of aliphatic hydroxyl groups is 1. The quantitative estimate of drug-likeness (QED) is 0.673. The summed E-state index contributed by atoms with van der Waals surface area (Å²) in [4.78, 5) is 0. The van der Waals surface area contributed by atoms with E-state index in [4.69, 9.17) is 5.73 Å². The third-order valence-electron chi connectivity index (χ3n) is 3.52. The van der Waals surface area contributed by atoms with Crippen molar-refractivity contribution in [3.05, 3.63) is 0 Å². The van der Waals surface area contributed by atoms with E-state index in [0.717, 1.165) is 12.8 Å². The summed E-state index contributed by atoms with van der Waals surface area (Å²) in [5.41, 5.74) is 4.52. The zero-order chi connectivity index (χ0) is 13.8. The Labute approximate surface area is 110 Å². The van der Waals surface area contributed by atoms with Crippen LogP contribution in [0.2, 0.25) is 0 Å². The van der Waals surface area contributed by atoms with Gasteiger partial charge >= 0.3 is 0 Å². The van der Waals surface area contributed by atoms with Gasteiger partial charge in [0.25, 0.3) is 10.2 Å². The first-order valence-electron chi connectivity index (χ1n) is 6.42. The van der Waals surface area contributed by atoms with Crippen LogP contribution < -0.4 is 5.73 Å². The highest BCUT2D eigenvalue weighted by Gasteiger charge is 2.36. The monoisotopic (exact) mass is 279 g/mol. The van der Waals surface area contributed by atoms with Gasteiger partial charge in [-0.3, -0.25) is 0 Å². The number of hydrogen-bond donors (Lipinski definition) is 2. The van der Waals surface area contributed by atoms with E-state index < -0.39 is 15.8 Å². The predicted molar refractivity (Wildman–Crippen MR) is 71.3 cm³/mol. The van der Waals surface area contributed by atoms with Gasteiger partial charge in [0.15, 0.2) is 0 Å². The lowest BCUT2D eigenvalue weighted by Gasteiger charge is -2.30. The van der Waals surface area contributed by atoms with Crippen LogP contribution in [0.15, 0.2) is 0 Å². The average Bonchev–Trinajstić information content (AvgIpc) is 2.72. The van der Waals surface area contributed by atoms with Crippen molar-refractivity contribution in [2.45, 2.75) is 37.7 Å². The summed E-state index contributed by atoms with van der Waals surface area (Å²) in [5, 5.41) is 10.2. The van der Waals surface area contributed by atoms with Crippen molar-refractivity contribution in [1.29, 1.82) is 0 Å². The van der Waals surface area contributed by atoms with Gasteiger partial charge in [-0.2, -0.15) is 17.0 Å². The van der Waals surface area contributed by atoms with Crippen molar-refractivity contribution < 1.29 is 13.5 Å². The van der Waals surface area contributed by atoms with E-state index in [0.29, 0.717) is 32.4 Å². The van der Waals surface area contributed by atoms with E-state index in [1.165, 1.54) is 15.7 Å². The first kappa shape index (κ1) is 15.8. The Kier molecular flexibility index (Phi) is 5.54. The number of rotatable bonds is 7. The van der Waals surface area contributed by atoms with Crippen LogP contribution in [0.3, 0.4) is 0 Å². The minimum Gasteiger partial charge on any atom is -0.389 e. The molecule has 108 valence electrons. The molecule has 1 aliphatic carbocycles. The summed E-state index contributed by atoms with van der Waals surface area (Å²) < 4.78 is 26.9. The molecule has 0 aromatic rings. The van der Waals surface area contributed by atoms with Crippen LogP contribution in [0.1, 0.15) is 32.1 Å². The summed E-state index contributed by atoms with van der Waals surface area (Å²) in [6.45, 7) is 1.04. The normalized spacial score (nSPS) is 19.9. The number of hydrogen-bond acceptors (Lipinski definition) is 4. The topological polar surface area (TPSA) is 86.9 Å². The number of nitrogens with zero attached hydrogens (tertiary/aromatic N) is 2. The standard InChI is InChI=1S/C11H25N3O3S/c1-13(9-5-8-12)18(16,17)14(2)10-11(15)6-3-4-7-11/h15H,3-10,12H2,1-2H3. The number of nitrogens with two attached hydrogens (primary N) is 1. The lowest BCUT2D eigenvalue weighted by Crippen LogP contribution is -2.47. The fraction of sp³-hybridized carbons (Fsp3) is 1.00. The van der Waals surface area contributed by atoms with Gasteiger partial charge in [-0.25, -0.2) is 0 Å². The van der Waals surface area contributed by atoms with Gasteiger partial charge in [0, 0.05) is 27.2 Å². The van der Waals surface area contributed by atoms with Gasteiger partial charge in [0.05, 0.1) is 5.60 Å². The molecule has 7 heteroatoms. The fourth-order valence-corrected chi connectivity index (χ4v) is 3.59. The number of likely N-dealkylation sites (N-methyl/N-ethyl adjacent to an activating group) is 1. The molecular weight excluding hydrogens is 254 g/mol. The van der Waals surface area contributed by atoms with E-state index in [9.17, 15) is 13.5 Å². The highest BCUT2D eigenvalue weighted by Crippen LogP contribution is 2.30. The molecule has 0 unspecified atom stereocenters. The molecular formula is C11H25N3O3S. The predicted octanol–water partition coefficient (Wildman–Crippen LogP) is -0.251. The van der Waals surface area contributed by atoms with Crippen molar-refractivity contribution in [2.75, 3.05) is 33.7 Å². The Balaban J connectivity index is 2.61. The fourth-order valence-electron chi connectivity index (χ4n) is 2.35. The van der Waals surface area contributed by atoms with E-state index >= 15 is 0 Å². The molecule has 0 amide bonds. The largest absolute Gasteiger partial charge is 0.389 e. The Morgan fingerprint density at radius 2 is 1.78 bits per heavy atom. The lowest BCUT2D eigenvalue weighted by molar-refractivity contribution is 0.0323. The summed E-state index contributed by atoms with van der Waals surface area (Å²) >= 11 is 0. The second-order valence-corrected chi connectivity index (χ2v) is 7.30. The Hall–Kier alpha value is -0.210. The molecule has 1 aliphatic rings. The first-order chi connectivity index (χ1) is 8.32. The highest BCUT2D eigenvalue weighted by atomic mass is 32.2. The molecule has 0 aromatic heterocycles. The molecule has 0 atom stereocenters. The molecule has 3 N–H and O–H groups in total. The maximum Gasteiger partial charge on any atom is 0.281 e. The van der Waals surface area contributed by atoms with Crippen LogP contribution in [0.25, 0.3) is 0 Å². The van der Waals surface area contributed by atoms with Crippen LogP contribution in [-0.4, -0.2) is 61.5 Å². The van der Waals surface area contributed by atoms with Crippen LogP contribution in [0, 0.1) is 0 Å². The molecule has 0 spiro atoms. The summed E-state index contributed by atoms with van der Waals surface area (Å²) in [6, 6.07) is 0. The zero-order valence-corrected chi connectivity index (χ0v) is 12.1. The van der Waals surface area contributed by atoms with Gasteiger partial charge < -0.3 is 10.8 Å². The van der Waals surface area contributed by atoms with Gasteiger partial charge in [0.1, 0.15) is 0 Å². The molecule has 0 aromatic carbocycles. The van der Waals surface area contributed by atoms with E-state index in [1.54, 1.807) is 7.05 Å². The average molecular weight is 279 g/mol. The maximum absolute atomic E-state index is 12.2. The highest BCUT2D eigenvalue weighted by molar-refractivity contribution is 7.86. The van der Waals surface area contributed by atoms with Crippen LogP contribution in [0.4, 0.5) is 0 Å². The Morgan fingerprint density at radius 1 is 1.22 bits per heavy atom. The molecule has 0 radical (unpaired) electrons. The molecule has 0 heterocycles. The van der Waals surface area contributed by atoms with E-state index in [1.807, 2.05) is 0 Å². The Morgan fingerprint density at radius 3 is 2.28 bits per heavy atom. The summed E-state index contributed by atoms with van der Waals surface area (Å²) in [7, 11) is -0.425. The molecule has 0 saturated heterocycles. The van der Waals surface area contributed by atoms with Crippen LogP contribution >= 0.6 is 0 Å². The van der Waals surface area contributed by atoms with Crippen molar-refractivity contribution in [3.63, 3.8) is 0 Å². The molecule has 6 nitrogen and oxygen atoms in total. The molecule has 1 rings (SSSR count). The third-order valence-corrected chi connectivity index (χ3v) is 5.40. The molecule has 0 aliphatic heterocycles. The van der Waals surface area contributed by atoms with Gasteiger partial charge in [-0.15, -0.1) is 0 Å². The van der Waals surface area contributed by atoms with Crippen molar-refractivity contribution in [2.24, 2.45) is 5.73 Å².